The van der Waals surface area contributed by atoms with Gasteiger partial charge in [-0.15, -0.1) is 0 Å². The standard InChI is InChI=1S/C39H64O2/c1-9-11-13-15-17-19-21-23-32-26-30(28-34(36(32)40)38(3,4)5)25-31-27-33(24-22-20-18-16-14-12-10-2)37(41)35(29-31)39(6,7)8/h26-29,40-41H,9-25H2,1-8H3. The quantitative estimate of drug-likeness (QED) is 0.177. The van der Waals surface area contributed by atoms with Crippen molar-refractivity contribution in [3.63, 3.8) is 0 Å². The van der Waals surface area contributed by atoms with Gasteiger partial charge in [-0.2, -0.15) is 0 Å². The monoisotopic (exact) mass is 564 g/mol. The molecule has 0 aliphatic heterocycles. The summed E-state index contributed by atoms with van der Waals surface area (Å²) in [4.78, 5) is 0. The molecule has 0 fully saturated rings. The number of benzene rings is 2. The number of aromatic hydroxyl groups is 2. The van der Waals surface area contributed by atoms with Crippen molar-refractivity contribution in [1.82, 2.24) is 0 Å². The third kappa shape index (κ3) is 12.0. The van der Waals surface area contributed by atoms with Gasteiger partial charge in [0, 0.05) is 0 Å². The van der Waals surface area contributed by atoms with Crippen LogP contribution in [0, 0.1) is 0 Å². The van der Waals surface area contributed by atoms with Crippen LogP contribution in [-0.4, -0.2) is 10.2 Å². The zero-order valence-corrected chi connectivity index (χ0v) is 28.2. The van der Waals surface area contributed by atoms with Crippen LogP contribution in [0.1, 0.15) is 179 Å². The third-order valence-corrected chi connectivity index (χ3v) is 8.62. The van der Waals surface area contributed by atoms with Crippen LogP contribution in [0.15, 0.2) is 24.3 Å². The molecule has 232 valence electrons. The molecule has 0 atom stereocenters. The highest BCUT2D eigenvalue weighted by molar-refractivity contribution is 5.51. The molecule has 41 heavy (non-hydrogen) atoms. The molecule has 0 heterocycles. The van der Waals surface area contributed by atoms with Gasteiger partial charge in [-0.1, -0.05) is 157 Å². The molecule has 0 saturated carbocycles. The number of phenols is 2. The van der Waals surface area contributed by atoms with Crippen LogP contribution >= 0.6 is 0 Å². The number of hydrogen-bond acceptors (Lipinski definition) is 2. The maximum atomic E-state index is 11.3. The van der Waals surface area contributed by atoms with Crippen molar-refractivity contribution in [3.8, 4) is 11.5 Å². The maximum Gasteiger partial charge on any atom is 0.122 e. The normalized spacial score (nSPS) is 12.3. The van der Waals surface area contributed by atoms with Crippen molar-refractivity contribution in [2.24, 2.45) is 0 Å². The molecule has 2 rings (SSSR count). The van der Waals surface area contributed by atoms with Crippen LogP contribution in [0.25, 0.3) is 0 Å². The van der Waals surface area contributed by atoms with Crippen LogP contribution in [0.4, 0.5) is 0 Å². The van der Waals surface area contributed by atoms with E-state index in [-0.39, 0.29) is 10.8 Å². The molecule has 0 aliphatic carbocycles. The summed E-state index contributed by atoms with van der Waals surface area (Å²) in [5, 5.41) is 22.5. The topological polar surface area (TPSA) is 40.5 Å². The van der Waals surface area contributed by atoms with E-state index in [1.54, 1.807) is 0 Å². The Bertz CT molecular complexity index is 951. The summed E-state index contributed by atoms with van der Waals surface area (Å²) in [6.45, 7) is 17.7. The van der Waals surface area contributed by atoms with E-state index < -0.39 is 0 Å². The molecule has 0 unspecified atom stereocenters. The predicted molar refractivity (Wildman–Crippen MR) is 180 cm³/mol. The fourth-order valence-electron chi connectivity index (χ4n) is 6.03. The Morgan fingerprint density at radius 2 is 0.780 bits per heavy atom. The lowest BCUT2D eigenvalue weighted by atomic mass is 9.81. The Morgan fingerprint density at radius 3 is 1.10 bits per heavy atom. The lowest BCUT2D eigenvalue weighted by Crippen LogP contribution is -2.14. The Labute approximate surface area is 254 Å². The number of aryl methyl sites for hydroxylation is 2. The van der Waals surface area contributed by atoms with E-state index >= 15 is 0 Å². The molecule has 0 aliphatic rings. The van der Waals surface area contributed by atoms with Crippen molar-refractivity contribution in [2.75, 3.05) is 0 Å². The summed E-state index contributed by atoms with van der Waals surface area (Å²) in [5.74, 6) is 0.987. The SMILES string of the molecule is CCCCCCCCCc1cc(Cc2cc(CCCCCCCCC)c(O)c(C(C)(C)C)c2)cc(C(C)(C)C)c1O. The second-order valence-electron chi connectivity index (χ2n) is 14.7. The third-order valence-electron chi connectivity index (χ3n) is 8.62. The van der Waals surface area contributed by atoms with Gasteiger partial charge >= 0.3 is 0 Å². The molecule has 2 aromatic carbocycles. The average Bonchev–Trinajstić information content (AvgIpc) is 2.89. The van der Waals surface area contributed by atoms with E-state index in [0.717, 1.165) is 54.4 Å². The minimum absolute atomic E-state index is 0.122. The molecule has 0 bridgehead atoms. The first-order valence-corrected chi connectivity index (χ1v) is 17.1. The Kier molecular flexibility index (Phi) is 14.8. The van der Waals surface area contributed by atoms with Crippen molar-refractivity contribution in [3.05, 3.63) is 57.6 Å². The molecular weight excluding hydrogens is 500 g/mol. The molecule has 2 N–H and O–H groups in total. The van der Waals surface area contributed by atoms with Gasteiger partial charge in [0.1, 0.15) is 11.5 Å². The van der Waals surface area contributed by atoms with E-state index in [0.29, 0.717) is 11.5 Å². The van der Waals surface area contributed by atoms with Crippen molar-refractivity contribution >= 4 is 0 Å². The number of unbranched alkanes of at least 4 members (excludes halogenated alkanes) is 12. The van der Waals surface area contributed by atoms with Gasteiger partial charge in [0.15, 0.2) is 0 Å². The lowest BCUT2D eigenvalue weighted by molar-refractivity contribution is 0.438. The smallest absolute Gasteiger partial charge is 0.122 e. The Morgan fingerprint density at radius 1 is 0.463 bits per heavy atom. The van der Waals surface area contributed by atoms with Crippen molar-refractivity contribution in [2.45, 2.75) is 175 Å². The van der Waals surface area contributed by atoms with E-state index in [1.165, 1.54) is 88.2 Å². The molecule has 2 heteroatoms. The van der Waals surface area contributed by atoms with E-state index in [9.17, 15) is 10.2 Å². The van der Waals surface area contributed by atoms with Crippen LogP contribution in [0.5, 0.6) is 11.5 Å². The Balaban J connectivity index is 2.26. The zero-order chi connectivity index (χ0) is 30.5. The summed E-state index contributed by atoms with van der Waals surface area (Å²) in [7, 11) is 0. The maximum absolute atomic E-state index is 11.3. The summed E-state index contributed by atoms with van der Waals surface area (Å²) in [5.41, 5.74) is 6.57. The largest absolute Gasteiger partial charge is 0.507 e. The average molecular weight is 565 g/mol. The van der Waals surface area contributed by atoms with Crippen LogP contribution in [0.2, 0.25) is 0 Å². The first kappa shape index (κ1) is 35.2. The van der Waals surface area contributed by atoms with Gasteiger partial charge in [-0.25, -0.2) is 0 Å². The first-order chi connectivity index (χ1) is 19.4. The minimum atomic E-state index is -0.122. The molecule has 0 saturated heterocycles. The van der Waals surface area contributed by atoms with Gasteiger partial charge < -0.3 is 10.2 Å². The first-order valence-electron chi connectivity index (χ1n) is 17.1. The zero-order valence-electron chi connectivity index (χ0n) is 28.2. The summed E-state index contributed by atoms with van der Waals surface area (Å²) >= 11 is 0. The lowest BCUT2D eigenvalue weighted by Gasteiger charge is -2.25. The highest BCUT2D eigenvalue weighted by Crippen LogP contribution is 2.38. The summed E-state index contributed by atoms with van der Waals surface area (Å²) < 4.78 is 0. The summed E-state index contributed by atoms with van der Waals surface area (Å²) in [6.07, 6.45) is 20.6. The second kappa shape index (κ2) is 17.2. The Hall–Kier alpha value is -1.96. The number of hydrogen-bond donors (Lipinski definition) is 2. The van der Waals surface area contributed by atoms with Gasteiger partial charge in [0.25, 0.3) is 0 Å². The summed E-state index contributed by atoms with van der Waals surface area (Å²) in [6, 6.07) is 8.95. The molecule has 2 aromatic rings. The van der Waals surface area contributed by atoms with Gasteiger partial charge in [0.2, 0.25) is 0 Å². The molecule has 0 amide bonds. The second-order valence-corrected chi connectivity index (χ2v) is 14.7. The van der Waals surface area contributed by atoms with Crippen molar-refractivity contribution < 1.29 is 10.2 Å². The van der Waals surface area contributed by atoms with Crippen LogP contribution < -0.4 is 0 Å². The predicted octanol–water partition coefficient (Wildman–Crippen LogP) is 11.9. The van der Waals surface area contributed by atoms with Gasteiger partial charge in [-0.3, -0.25) is 0 Å². The fourth-order valence-corrected chi connectivity index (χ4v) is 6.03. The van der Waals surface area contributed by atoms with E-state index in [4.69, 9.17) is 0 Å². The molecule has 0 radical (unpaired) electrons. The van der Waals surface area contributed by atoms with Gasteiger partial charge in [0.05, 0.1) is 0 Å². The molecule has 0 spiro atoms. The molecular formula is C39H64O2. The van der Waals surface area contributed by atoms with E-state index in [2.05, 4.69) is 79.7 Å². The van der Waals surface area contributed by atoms with Crippen LogP contribution in [0.3, 0.4) is 0 Å². The van der Waals surface area contributed by atoms with Crippen molar-refractivity contribution in [1.29, 1.82) is 0 Å². The van der Waals surface area contributed by atoms with Gasteiger partial charge in [-0.05, 0) is 76.3 Å². The molecule has 2 nitrogen and oxygen atoms in total. The molecule has 0 aromatic heterocycles. The number of phenolic OH excluding ortho intramolecular Hbond substituents is 2. The van der Waals surface area contributed by atoms with E-state index in [1.807, 2.05) is 0 Å². The highest BCUT2D eigenvalue weighted by Gasteiger charge is 2.24. The minimum Gasteiger partial charge on any atom is -0.507 e. The van der Waals surface area contributed by atoms with Crippen LogP contribution in [-0.2, 0) is 30.1 Å². The fraction of sp³-hybridized carbons (Fsp3) is 0.692. The highest BCUT2D eigenvalue weighted by atomic mass is 16.3. The number of rotatable bonds is 18.